The van der Waals surface area contributed by atoms with Gasteiger partial charge in [-0.15, -0.1) is 0 Å². The van der Waals surface area contributed by atoms with Crippen LogP contribution in [0.25, 0.3) is 0 Å². The molecule has 1 amide bonds. The lowest BCUT2D eigenvalue weighted by Crippen LogP contribution is -2.41. The SMILES string of the molecule is CCNC1COCC1C(=O)Nc1ccc([N+](=O)[O-])cc1O. The van der Waals surface area contributed by atoms with Gasteiger partial charge in [0.1, 0.15) is 5.75 Å². The van der Waals surface area contributed by atoms with Crippen LogP contribution in [0.2, 0.25) is 0 Å². The van der Waals surface area contributed by atoms with Crippen LogP contribution >= 0.6 is 0 Å². The average molecular weight is 295 g/mol. The Labute approximate surface area is 121 Å². The van der Waals surface area contributed by atoms with Crippen LogP contribution in [0.1, 0.15) is 6.92 Å². The number of aromatic hydroxyl groups is 1. The minimum atomic E-state index is -0.614. The molecule has 0 saturated carbocycles. The predicted octanol–water partition coefficient (Wildman–Crippen LogP) is 0.863. The standard InChI is InChI=1S/C13H17N3O5/c1-2-14-11-7-21-6-9(11)13(18)15-10-4-3-8(16(19)20)5-12(10)17/h3-5,9,11,14,17H,2,6-7H2,1H3,(H,15,18). The van der Waals surface area contributed by atoms with Crippen LogP contribution in [0.4, 0.5) is 11.4 Å². The molecule has 1 aromatic rings. The smallest absolute Gasteiger partial charge is 0.273 e. The van der Waals surface area contributed by atoms with Crippen LogP contribution in [0.3, 0.4) is 0 Å². The first-order valence-electron chi connectivity index (χ1n) is 6.62. The Morgan fingerprint density at radius 1 is 1.52 bits per heavy atom. The number of anilines is 1. The van der Waals surface area contributed by atoms with E-state index in [1.54, 1.807) is 0 Å². The van der Waals surface area contributed by atoms with Crippen molar-refractivity contribution in [1.29, 1.82) is 0 Å². The molecule has 2 unspecified atom stereocenters. The molecule has 8 nitrogen and oxygen atoms in total. The molecule has 1 aliphatic heterocycles. The highest BCUT2D eigenvalue weighted by molar-refractivity contribution is 5.94. The van der Waals surface area contributed by atoms with Gasteiger partial charge in [0.25, 0.3) is 5.69 Å². The normalized spacial score (nSPS) is 21.2. The van der Waals surface area contributed by atoms with E-state index < -0.39 is 4.92 Å². The number of nitrogens with zero attached hydrogens (tertiary/aromatic N) is 1. The molecule has 0 aromatic heterocycles. The lowest BCUT2D eigenvalue weighted by atomic mass is 10.0. The van der Waals surface area contributed by atoms with Crippen LogP contribution < -0.4 is 10.6 Å². The Morgan fingerprint density at radius 2 is 2.29 bits per heavy atom. The number of hydrogen-bond donors (Lipinski definition) is 3. The molecule has 0 radical (unpaired) electrons. The van der Waals surface area contributed by atoms with Gasteiger partial charge in [-0.25, -0.2) is 0 Å². The molecule has 1 heterocycles. The number of nitro benzene ring substituents is 1. The number of rotatable bonds is 5. The highest BCUT2D eigenvalue weighted by Gasteiger charge is 2.33. The van der Waals surface area contributed by atoms with Crippen molar-refractivity contribution in [1.82, 2.24) is 5.32 Å². The summed E-state index contributed by atoms with van der Waals surface area (Å²) in [5, 5.41) is 26.1. The van der Waals surface area contributed by atoms with Gasteiger partial charge < -0.3 is 20.5 Å². The molecule has 2 rings (SSSR count). The summed E-state index contributed by atoms with van der Waals surface area (Å²) in [6.45, 7) is 3.42. The lowest BCUT2D eigenvalue weighted by molar-refractivity contribution is -0.384. The largest absolute Gasteiger partial charge is 0.506 e. The molecule has 21 heavy (non-hydrogen) atoms. The van der Waals surface area contributed by atoms with Gasteiger partial charge in [0.15, 0.2) is 0 Å². The molecular weight excluding hydrogens is 278 g/mol. The van der Waals surface area contributed by atoms with E-state index in [-0.39, 0.29) is 35.0 Å². The number of phenolic OH excluding ortho intramolecular Hbond substituents is 1. The number of nitrogens with one attached hydrogen (secondary N) is 2. The number of benzene rings is 1. The van der Waals surface area contributed by atoms with E-state index in [0.717, 1.165) is 12.6 Å². The Balaban J connectivity index is 2.07. The Bertz CT molecular complexity index is 549. The third kappa shape index (κ3) is 3.47. The molecule has 0 aliphatic carbocycles. The van der Waals surface area contributed by atoms with E-state index in [4.69, 9.17) is 4.74 Å². The first kappa shape index (κ1) is 15.2. The third-order valence-electron chi connectivity index (χ3n) is 3.33. The number of non-ortho nitro benzene ring substituents is 1. The van der Waals surface area contributed by atoms with E-state index in [9.17, 15) is 20.0 Å². The van der Waals surface area contributed by atoms with Gasteiger partial charge >= 0.3 is 0 Å². The summed E-state index contributed by atoms with van der Waals surface area (Å²) in [6, 6.07) is 3.46. The Hall–Kier alpha value is -2.19. The maximum Gasteiger partial charge on any atom is 0.273 e. The summed E-state index contributed by atoms with van der Waals surface area (Å²) in [5.74, 6) is -0.987. The number of carbonyl (C=O) groups excluding carboxylic acids is 1. The molecule has 1 aromatic carbocycles. The molecule has 3 N–H and O–H groups in total. The summed E-state index contributed by atoms with van der Waals surface area (Å²) in [7, 11) is 0. The molecule has 2 atom stereocenters. The fourth-order valence-electron chi connectivity index (χ4n) is 2.24. The fraction of sp³-hybridized carbons (Fsp3) is 0.462. The van der Waals surface area contributed by atoms with Crippen molar-refractivity contribution in [3.63, 3.8) is 0 Å². The van der Waals surface area contributed by atoms with Gasteiger partial charge in [-0.3, -0.25) is 14.9 Å². The first-order chi connectivity index (χ1) is 10.0. The maximum atomic E-state index is 12.2. The van der Waals surface area contributed by atoms with Gasteiger partial charge in [-0.2, -0.15) is 0 Å². The molecule has 8 heteroatoms. The molecule has 114 valence electrons. The van der Waals surface area contributed by atoms with Crippen molar-refractivity contribution in [2.24, 2.45) is 5.92 Å². The summed E-state index contributed by atoms with van der Waals surface area (Å²) in [6.07, 6.45) is 0. The van der Waals surface area contributed by atoms with Crippen molar-refractivity contribution in [2.45, 2.75) is 13.0 Å². The fourth-order valence-corrected chi connectivity index (χ4v) is 2.24. The summed E-state index contributed by atoms with van der Waals surface area (Å²) in [5.41, 5.74) is -0.0898. The quantitative estimate of drug-likeness (QED) is 0.422. The lowest BCUT2D eigenvalue weighted by Gasteiger charge is -2.18. The number of hydrogen-bond acceptors (Lipinski definition) is 6. The van der Waals surface area contributed by atoms with Gasteiger partial charge in [0.05, 0.1) is 35.8 Å². The van der Waals surface area contributed by atoms with E-state index in [1.165, 1.54) is 12.1 Å². The van der Waals surface area contributed by atoms with Crippen LogP contribution in [0.15, 0.2) is 18.2 Å². The van der Waals surface area contributed by atoms with Gasteiger partial charge in [0, 0.05) is 12.1 Å². The zero-order valence-electron chi connectivity index (χ0n) is 11.5. The third-order valence-corrected chi connectivity index (χ3v) is 3.33. The number of likely N-dealkylation sites (N-methyl/N-ethyl adjacent to an activating group) is 1. The Kier molecular flexibility index (Phi) is 4.71. The first-order valence-corrected chi connectivity index (χ1v) is 6.62. The highest BCUT2D eigenvalue weighted by atomic mass is 16.6. The highest BCUT2D eigenvalue weighted by Crippen LogP contribution is 2.28. The number of phenols is 1. The van der Waals surface area contributed by atoms with Gasteiger partial charge in [-0.1, -0.05) is 6.92 Å². The Morgan fingerprint density at radius 3 is 2.90 bits per heavy atom. The molecule has 1 fully saturated rings. The topological polar surface area (TPSA) is 114 Å². The second-order valence-corrected chi connectivity index (χ2v) is 4.76. The molecule has 1 aliphatic rings. The number of amides is 1. The second kappa shape index (κ2) is 6.51. The minimum absolute atomic E-state index is 0.0739. The molecule has 1 saturated heterocycles. The number of carbonyl (C=O) groups is 1. The molecule has 0 bridgehead atoms. The van der Waals surface area contributed by atoms with Crippen molar-refractivity contribution in [3.8, 4) is 5.75 Å². The van der Waals surface area contributed by atoms with Crippen molar-refractivity contribution in [2.75, 3.05) is 25.1 Å². The van der Waals surface area contributed by atoms with E-state index in [2.05, 4.69) is 10.6 Å². The van der Waals surface area contributed by atoms with E-state index >= 15 is 0 Å². The van der Waals surface area contributed by atoms with Crippen LogP contribution in [0.5, 0.6) is 5.75 Å². The summed E-state index contributed by atoms with van der Waals surface area (Å²) < 4.78 is 5.29. The number of nitro groups is 1. The zero-order valence-corrected chi connectivity index (χ0v) is 11.5. The second-order valence-electron chi connectivity index (χ2n) is 4.76. The predicted molar refractivity (Wildman–Crippen MR) is 75.2 cm³/mol. The van der Waals surface area contributed by atoms with Crippen molar-refractivity contribution < 1.29 is 19.6 Å². The average Bonchev–Trinajstić information content (AvgIpc) is 2.89. The van der Waals surface area contributed by atoms with Crippen molar-refractivity contribution >= 4 is 17.3 Å². The van der Waals surface area contributed by atoms with Crippen LogP contribution in [0, 0.1) is 16.0 Å². The zero-order chi connectivity index (χ0) is 15.4. The van der Waals surface area contributed by atoms with Crippen LogP contribution in [-0.4, -0.2) is 41.7 Å². The van der Waals surface area contributed by atoms with Crippen LogP contribution in [-0.2, 0) is 9.53 Å². The maximum absolute atomic E-state index is 12.2. The molecular formula is C13H17N3O5. The number of ether oxygens (including phenoxy) is 1. The van der Waals surface area contributed by atoms with Crippen molar-refractivity contribution in [3.05, 3.63) is 28.3 Å². The molecule has 0 spiro atoms. The summed E-state index contributed by atoms with van der Waals surface area (Å²) in [4.78, 5) is 22.2. The minimum Gasteiger partial charge on any atom is -0.506 e. The van der Waals surface area contributed by atoms with E-state index in [1.807, 2.05) is 6.92 Å². The van der Waals surface area contributed by atoms with Gasteiger partial charge in [-0.05, 0) is 12.6 Å². The monoisotopic (exact) mass is 295 g/mol. The van der Waals surface area contributed by atoms with Gasteiger partial charge in [0.2, 0.25) is 5.91 Å². The van der Waals surface area contributed by atoms with E-state index in [0.29, 0.717) is 13.2 Å². The summed E-state index contributed by atoms with van der Waals surface area (Å²) >= 11 is 0.